The fraction of sp³-hybridized carbons (Fsp3) is 0.400. The molecule has 1 saturated heterocycles. The zero-order valence-corrected chi connectivity index (χ0v) is 15.3. The Bertz CT molecular complexity index is 919. The summed E-state index contributed by atoms with van der Waals surface area (Å²) in [6.07, 6.45) is 2.06. The summed E-state index contributed by atoms with van der Waals surface area (Å²) in [5.74, 6) is 0.755. The molecule has 0 aliphatic carbocycles. The Morgan fingerprint density at radius 3 is 2.67 bits per heavy atom. The molecule has 2 aliphatic rings. The number of fused-ring (bicyclic) bond motifs is 1. The average molecular weight is 364 g/mol. The second-order valence-electron chi connectivity index (χ2n) is 6.55. The van der Waals surface area contributed by atoms with E-state index in [0.29, 0.717) is 26.1 Å². The van der Waals surface area contributed by atoms with Crippen LogP contribution in [0.3, 0.4) is 0 Å². The molecule has 2 N–H and O–H groups in total. The molecular weight excluding hydrogens is 340 g/mol. The van der Waals surface area contributed by atoms with Crippen molar-refractivity contribution in [1.82, 2.24) is 4.98 Å². The number of aromatic nitrogens is 1. The van der Waals surface area contributed by atoms with Crippen molar-refractivity contribution in [3.8, 4) is 11.3 Å². The minimum atomic E-state index is 0.659. The van der Waals surface area contributed by atoms with E-state index < -0.39 is 0 Å². The number of hydrogen-bond donors (Lipinski definition) is 2. The molecule has 1 aromatic heterocycles. The fourth-order valence-corrected chi connectivity index (χ4v) is 3.33. The summed E-state index contributed by atoms with van der Waals surface area (Å²) in [5.41, 5.74) is 3.16. The van der Waals surface area contributed by atoms with Crippen molar-refractivity contribution in [1.29, 1.82) is 5.41 Å². The molecule has 0 radical (unpaired) electrons. The van der Waals surface area contributed by atoms with Gasteiger partial charge in [-0.3, -0.25) is 9.98 Å². The van der Waals surface area contributed by atoms with Crippen molar-refractivity contribution in [3.05, 3.63) is 41.0 Å². The van der Waals surface area contributed by atoms with Crippen molar-refractivity contribution in [2.75, 3.05) is 56.2 Å². The number of benzene rings is 1. The van der Waals surface area contributed by atoms with E-state index in [1.807, 2.05) is 6.07 Å². The van der Waals surface area contributed by atoms with E-state index in [0.717, 1.165) is 54.1 Å². The number of nitrogens with zero attached hydrogens (tertiary/aromatic N) is 4. The lowest BCUT2D eigenvalue weighted by Gasteiger charge is -2.28. The second-order valence-corrected chi connectivity index (χ2v) is 6.55. The highest BCUT2D eigenvalue weighted by atomic mass is 16.5. The molecule has 2 aromatic rings. The number of hydrogen-bond acceptors (Lipinski definition) is 7. The monoisotopic (exact) mass is 364 g/mol. The third kappa shape index (κ3) is 3.98. The van der Waals surface area contributed by atoms with E-state index in [4.69, 9.17) is 15.1 Å². The van der Waals surface area contributed by atoms with Crippen molar-refractivity contribution >= 4 is 17.7 Å². The average Bonchev–Trinajstić information content (AvgIpc) is 2.74. The van der Waals surface area contributed by atoms with E-state index in [-0.39, 0.29) is 0 Å². The maximum absolute atomic E-state index is 7.20. The molecule has 4 rings (SSSR count). The molecule has 0 unspecified atom stereocenters. The minimum absolute atomic E-state index is 0.659. The Kier molecular flexibility index (Phi) is 5.39. The first-order valence-corrected chi connectivity index (χ1v) is 9.41. The van der Waals surface area contributed by atoms with E-state index in [1.54, 1.807) is 0 Å². The molecule has 0 saturated carbocycles. The molecule has 1 fully saturated rings. The number of nitrogens with one attached hydrogen (secondary N) is 2. The van der Waals surface area contributed by atoms with Gasteiger partial charge in [-0.1, -0.05) is 12.1 Å². The molecule has 7 heteroatoms. The van der Waals surface area contributed by atoms with Crippen LogP contribution in [0.2, 0.25) is 0 Å². The summed E-state index contributed by atoms with van der Waals surface area (Å²) < 4.78 is 5.43. The van der Waals surface area contributed by atoms with Gasteiger partial charge in [0.1, 0.15) is 5.36 Å². The maximum atomic E-state index is 7.20. The summed E-state index contributed by atoms with van der Waals surface area (Å²) in [4.78, 5) is 16.3. The highest BCUT2D eigenvalue weighted by molar-refractivity contribution is 5.65. The topological polar surface area (TPSA) is 86.0 Å². The fourth-order valence-electron chi connectivity index (χ4n) is 3.33. The highest BCUT2D eigenvalue weighted by Crippen LogP contribution is 2.22. The van der Waals surface area contributed by atoms with Gasteiger partial charge in [0.05, 0.1) is 37.4 Å². The van der Waals surface area contributed by atoms with Gasteiger partial charge in [-0.05, 0) is 30.8 Å². The van der Waals surface area contributed by atoms with E-state index in [1.165, 1.54) is 11.9 Å². The van der Waals surface area contributed by atoms with Crippen molar-refractivity contribution in [3.63, 3.8) is 0 Å². The van der Waals surface area contributed by atoms with Gasteiger partial charge in [-0.2, -0.15) is 0 Å². The third-order valence-corrected chi connectivity index (χ3v) is 4.75. The lowest BCUT2D eigenvalue weighted by Crippen LogP contribution is -2.36. The Balaban J connectivity index is 1.65. The Labute approximate surface area is 158 Å². The van der Waals surface area contributed by atoms with Crippen LogP contribution in [0.4, 0.5) is 11.5 Å². The normalized spacial score (nSPS) is 16.1. The number of ether oxygens (including phenoxy) is 1. The summed E-state index contributed by atoms with van der Waals surface area (Å²) in [5, 5.41) is 12.2. The Hall–Kier alpha value is -2.80. The predicted molar refractivity (Wildman–Crippen MR) is 107 cm³/mol. The van der Waals surface area contributed by atoms with Gasteiger partial charge in [-0.25, -0.2) is 4.98 Å². The van der Waals surface area contributed by atoms with Gasteiger partial charge in [0.2, 0.25) is 0 Å². The molecule has 3 heterocycles. The first-order valence-electron chi connectivity index (χ1n) is 9.41. The number of pyridine rings is 1. The quantitative estimate of drug-likeness (QED) is 0.597. The standard InChI is InChI=1S/C20H24N6O/c21-6-1-7-24-20-19-18(22-8-9-23-19)14-17(25-20)15-2-4-16(5-3-15)26-10-12-27-13-11-26/h2-6,14,21H,1,7-13H2,(H,24,25). The largest absolute Gasteiger partial charge is 0.378 e. The van der Waals surface area contributed by atoms with Crippen LogP contribution in [0.5, 0.6) is 0 Å². The summed E-state index contributed by atoms with van der Waals surface area (Å²) in [6.45, 7) is 5.50. The van der Waals surface area contributed by atoms with Crippen molar-refractivity contribution in [2.45, 2.75) is 6.42 Å². The van der Waals surface area contributed by atoms with E-state index >= 15 is 0 Å². The number of morpholine rings is 1. The number of rotatable bonds is 6. The van der Waals surface area contributed by atoms with Crippen LogP contribution in [0.1, 0.15) is 6.42 Å². The molecular formula is C20H24N6O. The number of anilines is 2. The molecule has 27 heavy (non-hydrogen) atoms. The second kappa shape index (κ2) is 8.26. The van der Waals surface area contributed by atoms with Gasteiger partial charge in [0.15, 0.2) is 5.82 Å². The highest BCUT2D eigenvalue weighted by Gasteiger charge is 2.12. The molecule has 0 atom stereocenters. The first kappa shape index (κ1) is 17.6. The molecule has 0 spiro atoms. The minimum Gasteiger partial charge on any atom is -0.378 e. The summed E-state index contributed by atoms with van der Waals surface area (Å²) in [7, 11) is 0. The Morgan fingerprint density at radius 2 is 1.89 bits per heavy atom. The molecule has 7 nitrogen and oxygen atoms in total. The van der Waals surface area contributed by atoms with E-state index in [2.05, 4.69) is 44.5 Å². The summed E-state index contributed by atoms with van der Waals surface area (Å²) in [6, 6.07) is 10.5. The van der Waals surface area contributed by atoms with Crippen LogP contribution in [-0.4, -0.2) is 57.1 Å². The van der Waals surface area contributed by atoms with Gasteiger partial charge >= 0.3 is 0 Å². The molecule has 0 bridgehead atoms. The maximum Gasteiger partial charge on any atom is 0.154 e. The summed E-state index contributed by atoms with van der Waals surface area (Å²) >= 11 is 0. The smallest absolute Gasteiger partial charge is 0.154 e. The van der Waals surface area contributed by atoms with Crippen LogP contribution < -0.4 is 20.9 Å². The molecule has 2 aliphatic heterocycles. The van der Waals surface area contributed by atoms with E-state index in [9.17, 15) is 0 Å². The van der Waals surface area contributed by atoms with Gasteiger partial charge in [0, 0.05) is 30.9 Å². The SMILES string of the molecule is N=CCCNc1nc(-c2ccc(N3CCOCC3)cc2)cc2c1=NCCN=2. The lowest BCUT2D eigenvalue weighted by atomic mass is 10.1. The van der Waals surface area contributed by atoms with Crippen LogP contribution in [0.25, 0.3) is 11.3 Å². The molecule has 1 aromatic carbocycles. The molecule has 140 valence electrons. The third-order valence-electron chi connectivity index (χ3n) is 4.75. The zero-order chi connectivity index (χ0) is 18.5. The Morgan fingerprint density at radius 1 is 1.11 bits per heavy atom. The zero-order valence-electron chi connectivity index (χ0n) is 15.3. The van der Waals surface area contributed by atoms with Crippen LogP contribution in [-0.2, 0) is 4.74 Å². The predicted octanol–water partition coefficient (Wildman–Crippen LogP) is 1.29. The molecule has 0 amide bonds. The van der Waals surface area contributed by atoms with Gasteiger partial charge in [0.25, 0.3) is 0 Å². The first-order chi connectivity index (χ1) is 13.3. The van der Waals surface area contributed by atoms with Gasteiger partial charge < -0.3 is 20.4 Å². The van der Waals surface area contributed by atoms with Crippen molar-refractivity contribution < 1.29 is 4.74 Å². The van der Waals surface area contributed by atoms with Crippen molar-refractivity contribution in [2.24, 2.45) is 9.98 Å². The lowest BCUT2D eigenvalue weighted by molar-refractivity contribution is 0.122. The van der Waals surface area contributed by atoms with Gasteiger partial charge in [-0.15, -0.1) is 0 Å². The van der Waals surface area contributed by atoms with Crippen LogP contribution >= 0.6 is 0 Å². The van der Waals surface area contributed by atoms with Crippen LogP contribution in [0, 0.1) is 5.41 Å². The van der Waals surface area contributed by atoms with Crippen LogP contribution in [0.15, 0.2) is 40.3 Å².